The highest BCUT2D eigenvalue weighted by atomic mass is 32.2. The average molecular weight is 479 g/mol. The van der Waals surface area contributed by atoms with Crippen molar-refractivity contribution >= 4 is 33.4 Å². The van der Waals surface area contributed by atoms with E-state index in [4.69, 9.17) is 14.2 Å². The number of morpholine rings is 1. The molecule has 0 bridgehead atoms. The number of anilines is 1. The number of rotatable bonds is 5. The number of carbonyl (C=O) groups is 1. The highest BCUT2D eigenvalue weighted by Crippen LogP contribution is 2.39. The van der Waals surface area contributed by atoms with Gasteiger partial charge in [-0.1, -0.05) is 6.07 Å². The van der Waals surface area contributed by atoms with Gasteiger partial charge in [0.15, 0.2) is 11.5 Å². The smallest absolute Gasteiger partial charge is 0.255 e. The third-order valence-corrected chi connectivity index (χ3v) is 7.84. The molecule has 1 amide bonds. The third kappa shape index (κ3) is 4.73. The molecule has 4 rings (SSSR count). The van der Waals surface area contributed by atoms with Crippen LogP contribution in [-0.4, -0.2) is 63.4 Å². The number of carbonyl (C=O) groups excluding carboxylic acids is 1. The minimum absolute atomic E-state index is 0.0821. The summed E-state index contributed by atoms with van der Waals surface area (Å²) in [6, 6.07) is 9.65. The summed E-state index contributed by atoms with van der Waals surface area (Å²) in [5, 5.41) is 2.88. The SMILES string of the molecule is CSc1cc2c(cc1NC(=O)c1cccc(S(=O)(=O)N3CC(C)OC(C)C3)c1)OCCO2. The third-order valence-electron chi connectivity index (χ3n) is 5.23. The van der Waals surface area contributed by atoms with Crippen molar-refractivity contribution < 1.29 is 27.4 Å². The molecule has 2 aliphatic heterocycles. The van der Waals surface area contributed by atoms with E-state index in [2.05, 4.69) is 5.32 Å². The second-order valence-corrected chi connectivity index (χ2v) is 10.5. The first-order chi connectivity index (χ1) is 15.3. The molecule has 1 N–H and O–H groups in total. The van der Waals surface area contributed by atoms with Crippen LogP contribution in [0.15, 0.2) is 46.2 Å². The Morgan fingerprint density at radius 2 is 1.72 bits per heavy atom. The predicted octanol–water partition coefficient (Wildman–Crippen LogP) is 3.23. The zero-order valence-corrected chi connectivity index (χ0v) is 19.8. The zero-order valence-electron chi connectivity index (χ0n) is 18.2. The number of thioether (sulfide) groups is 1. The van der Waals surface area contributed by atoms with Crippen LogP contribution in [0.1, 0.15) is 24.2 Å². The van der Waals surface area contributed by atoms with Gasteiger partial charge in [-0.15, -0.1) is 11.8 Å². The van der Waals surface area contributed by atoms with Crippen LogP contribution in [0.5, 0.6) is 11.5 Å². The van der Waals surface area contributed by atoms with Crippen molar-refractivity contribution in [1.82, 2.24) is 4.31 Å². The van der Waals surface area contributed by atoms with Crippen LogP contribution in [0.4, 0.5) is 5.69 Å². The van der Waals surface area contributed by atoms with Crippen molar-refractivity contribution in [3.05, 3.63) is 42.0 Å². The average Bonchev–Trinajstić information content (AvgIpc) is 2.78. The Morgan fingerprint density at radius 1 is 1.06 bits per heavy atom. The van der Waals surface area contributed by atoms with Crippen LogP contribution < -0.4 is 14.8 Å². The molecule has 8 nitrogen and oxygen atoms in total. The highest BCUT2D eigenvalue weighted by Gasteiger charge is 2.32. The highest BCUT2D eigenvalue weighted by molar-refractivity contribution is 7.98. The molecule has 0 aliphatic carbocycles. The molecule has 32 heavy (non-hydrogen) atoms. The molecule has 10 heteroatoms. The number of ether oxygens (including phenoxy) is 3. The summed E-state index contributed by atoms with van der Waals surface area (Å²) in [6.45, 7) is 5.17. The first kappa shape index (κ1) is 22.9. The summed E-state index contributed by atoms with van der Waals surface area (Å²) in [5.74, 6) is 0.801. The summed E-state index contributed by atoms with van der Waals surface area (Å²) >= 11 is 1.47. The van der Waals surface area contributed by atoms with Crippen molar-refractivity contribution in [2.45, 2.75) is 35.8 Å². The number of amides is 1. The van der Waals surface area contributed by atoms with Gasteiger partial charge in [0.2, 0.25) is 10.0 Å². The lowest BCUT2D eigenvalue weighted by molar-refractivity contribution is -0.0440. The second kappa shape index (κ2) is 9.30. The maximum atomic E-state index is 13.2. The summed E-state index contributed by atoms with van der Waals surface area (Å²) in [4.78, 5) is 13.9. The Bertz CT molecular complexity index is 1110. The molecule has 0 saturated carbocycles. The van der Waals surface area contributed by atoms with E-state index in [0.717, 1.165) is 4.90 Å². The molecule has 2 unspecified atom stereocenters. The van der Waals surface area contributed by atoms with Gasteiger partial charge in [-0.05, 0) is 44.4 Å². The zero-order chi connectivity index (χ0) is 22.9. The fraction of sp³-hybridized carbons (Fsp3) is 0.409. The van der Waals surface area contributed by atoms with Gasteiger partial charge in [-0.25, -0.2) is 8.42 Å². The standard InChI is InChI=1S/C22H26N2O6S2/c1-14-12-24(13-15(2)30-14)32(26,27)17-6-4-5-16(9-17)22(25)23-18-10-19-20(11-21(18)31-3)29-8-7-28-19/h4-6,9-11,14-15H,7-8,12-13H2,1-3H3,(H,23,25). The Balaban J connectivity index is 1.58. The Kier molecular flexibility index (Phi) is 6.66. The molecule has 0 spiro atoms. The van der Waals surface area contributed by atoms with Crippen molar-refractivity contribution in [2.24, 2.45) is 0 Å². The molecular weight excluding hydrogens is 452 g/mol. The molecule has 1 fully saturated rings. The minimum Gasteiger partial charge on any atom is -0.486 e. The number of sulfonamides is 1. The van der Waals surface area contributed by atoms with Crippen LogP contribution in [0.2, 0.25) is 0 Å². The van der Waals surface area contributed by atoms with Gasteiger partial charge in [-0.3, -0.25) is 4.79 Å². The van der Waals surface area contributed by atoms with Gasteiger partial charge in [0.05, 0.1) is 22.8 Å². The monoisotopic (exact) mass is 478 g/mol. The lowest BCUT2D eigenvalue weighted by Gasteiger charge is -2.34. The van der Waals surface area contributed by atoms with E-state index in [1.807, 2.05) is 26.2 Å². The van der Waals surface area contributed by atoms with Crippen LogP contribution in [0.3, 0.4) is 0 Å². The number of hydrogen-bond acceptors (Lipinski definition) is 7. The first-order valence-electron chi connectivity index (χ1n) is 10.3. The number of benzene rings is 2. The first-order valence-corrected chi connectivity index (χ1v) is 13.0. The Labute approximate surface area is 192 Å². The molecule has 2 heterocycles. The molecule has 2 atom stereocenters. The summed E-state index contributed by atoms with van der Waals surface area (Å²) in [5.41, 5.74) is 0.832. The van der Waals surface area contributed by atoms with E-state index in [9.17, 15) is 13.2 Å². The maximum Gasteiger partial charge on any atom is 0.255 e. The van der Waals surface area contributed by atoms with Gasteiger partial charge < -0.3 is 19.5 Å². The second-order valence-electron chi connectivity index (χ2n) is 7.76. The van der Waals surface area contributed by atoms with Crippen molar-refractivity contribution in [2.75, 3.05) is 37.9 Å². The van der Waals surface area contributed by atoms with Gasteiger partial charge in [0.25, 0.3) is 5.91 Å². The van der Waals surface area contributed by atoms with Crippen molar-refractivity contribution in [1.29, 1.82) is 0 Å². The molecule has 0 aromatic heterocycles. The van der Waals surface area contributed by atoms with Crippen LogP contribution in [-0.2, 0) is 14.8 Å². The van der Waals surface area contributed by atoms with E-state index in [1.165, 1.54) is 28.2 Å². The molecule has 2 aliphatic rings. The molecule has 2 aromatic carbocycles. The largest absolute Gasteiger partial charge is 0.486 e. The lowest BCUT2D eigenvalue weighted by atomic mass is 10.2. The summed E-state index contributed by atoms with van der Waals surface area (Å²) < 4.78 is 44.6. The van der Waals surface area contributed by atoms with E-state index < -0.39 is 15.9 Å². The van der Waals surface area contributed by atoms with Crippen LogP contribution in [0, 0.1) is 0 Å². The topological polar surface area (TPSA) is 94.2 Å². The minimum atomic E-state index is -3.75. The molecule has 172 valence electrons. The van der Waals surface area contributed by atoms with E-state index >= 15 is 0 Å². The van der Waals surface area contributed by atoms with Crippen LogP contribution >= 0.6 is 11.8 Å². The van der Waals surface area contributed by atoms with Crippen molar-refractivity contribution in [3.63, 3.8) is 0 Å². The Hall–Kier alpha value is -2.27. The molecule has 0 radical (unpaired) electrons. The van der Waals surface area contributed by atoms with Crippen molar-refractivity contribution in [3.8, 4) is 11.5 Å². The maximum absolute atomic E-state index is 13.2. The van der Waals surface area contributed by atoms with E-state index in [0.29, 0.717) is 30.4 Å². The van der Waals surface area contributed by atoms with E-state index in [-0.39, 0.29) is 35.8 Å². The Morgan fingerprint density at radius 3 is 2.38 bits per heavy atom. The van der Waals surface area contributed by atoms with Gasteiger partial charge in [0, 0.05) is 29.6 Å². The summed E-state index contributed by atoms with van der Waals surface area (Å²) in [7, 11) is -3.75. The quantitative estimate of drug-likeness (QED) is 0.660. The van der Waals surface area contributed by atoms with Gasteiger partial charge in [-0.2, -0.15) is 4.31 Å². The molecule has 2 aromatic rings. The van der Waals surface area contributed by atoms with E-state index in [1.54, 1.807) is 18.2 Å². The number of hydrogen-bond donors (Lipinski definition) is 1. The molecular formula is C22H26N2O6S2. The fourth-order valence-corrected chi connectivity index (χ4v) is 6.00. The number of fused-ring (bicyclic) bond motifs is 1. The fourth-order valence-electron chi connectivity index (χ4n) is 3.81. The van der Waals surface area contributed by atoms with Gasteiger partial charge in [0.1, 0.15) is 13.2 Å². The summed E-state index contributed by atoms with van der Waals surface area (Å²) in [6.07, 6.45) is 1.51. The van der Waals surface area contributed by atoms with Gasteiger partial charge >= 0.3 is 0 Å². The van der Waals surface area contributed by atoms with Crippen LogP contribution in [0.25, 0.3) is 0 Å². The number of nitrogens with one attached hydrogen (secondary N) is 1. The predicted molar refractivity (Wildman–Crippen MR) is 122 cm³/mol. The normalized spacial score (nSPS) is 21.2. The molecule has 1 saturated heterocycles. The lowest BCUT2D eigenvalue weighted by Crippen LogP contribution is -2.48. The number of nitrogens with zero attached hydrogens (tertiary/aromatic N) is 1.